The molecule has 23 heavy (non-hydrogen) atoms. The Kier molecular flexibility index (Phi) is 5.67. The summed E-state index contributed by atoms with van der Waals surface area (Å²) in [6, 6.07) is 4.79. The van der Waals surface area contributed by atoms with Gasteiger partial charge in [-0.2, -0.15) is 0 Å². The van der Waals surface area contributed by atoms with Gasteiger partial charge < -0.3 is 25.2 Å². The number of methoxy groups -OCH3 is 2. The minimum absolute atomic E-state index is 0.0118. The van der Waals surface area contributed by atoms with Crippen molar-refractivity contribution in [3.8, 4) is 11.5 Å². The highest BCUT2D eigenvalue weighted by Gasteiger charge is 2.26. The fourth-order valence-corrected chi connectivity index (χ4v) is 2.74. The molecule has 2 amide bonds. The number of ether oxygens (including phenoxy) is 2. The first-order valence-corrected chi connectivity index (χ1v) is 7.55. The topological polar surface area (TPSA) is 96.9 Å². The molecule has 126 valence electrons. The number of rotatable bonds is 5. The molecule has 1 aliphatic carbocycles. The maximum atomic E-state index is 12.1. The number of urea groups is 1. The largest absolute Gasteiger partial charge is 0.497 e. The van der Waals surface area contributed by atoms with Gasteiger partial charge in [0.15, 0.2) is 0 Å². The quantitative estimate of drug-likeness (QED) is 0.774. The lowest BCUT2D eigenvalue weighted by Gasteiger charge is -2.27. The third-order valence-electron chi connectivity index (χ3n) is 4.07. The van der Waals surface area contributed by atoms with Crippen molar-refractivity contribution < 1.29 is 24.2 Å². The van der Waals surface area contributed by atoms with Gasteiger partial charge in [0, 0.05) is 12.1 Å². The average Bonchev–Trinajstić information content (AvgIpc) is 2.55. The molecule has 0 aliphatic heterocycles. The van der Waals surface area contributed by atoms with E-state index >= 15 is 0 Å². The highest BCUT2D eigenvalue weighted by molar-refractivity contribution is 5.91. The Bertz CT molecular complexity index is 568. The number of carboxylic acid groups (broad SMARTS) is 1. The molecular formula is C16H22N2O5. The van der Waals surface area contributed by atoms with E-state index in [0.29, 0.717) is 42.9 Å². The maximum absolute atomic E-state index is 12.1. The van der Waals surface area contributed by atoms with Gasteiger partial charge >= 0.3 is 12.0 Å². The first kappa shape index (κ1) is 16.9. The van der Waals surface area contributed by atoms with Crippen molar-refractivity contribution >= 4 is 17.7 Å². The van der Waals surface area contributed by atoms with E-state index in [1.807, 2.05) is 0 Å². The van der Waals surface area contributed by atoms with E-state index in [-0.39, 0.29) is 18.0 Å². The Hall–Kier alpha value is -2.44. The number of anilines is 1. The van der Waals surface area contributed by atoms with E-state index in [0.717, 1.165) is 0 Å². The van der Waals surface area contributed by atoms with Gasteiger partial charge in [-0.15, -0.1) is 0 Å². The van der Waals surface area contributed by atoms with Gasteiger partial charge in [-0.3, -0.25) is 4.79 Å². The molecule has 1 aromatic carbocycles. The van der Waals surface area contributed by atoms with Crippen LogP contribution in [0.25, 0.3) is 0 Å². The van der Waals surface area contributed by atoms with Crippen LogP contribution in [-0.2, 0) is 4.79 Å². The summed E-state index contributed by atoms with van der Waals surface area (Å²) < 4.78 is 10.4. The van der Waals surface area contributed by atoms with Crippen LogP contribution in [0.3, 0.4) is 0 Å². The molecule has 0 radical (unpaired) electrons. The van der Waals surface area contributed by atoms with Gasteiger partial charge in [-0.05, 0) is 37.8 Å². The molecule has 7 heteroatoms. The SMILES string of the molecule is COc1ccc(OC)c(NC(=O)NC2CCC(C(=O)O)CC2)c1. The van der Waals surface area contributed by atoms with E-state index in [2.05, 4.69) is 10.6 Å². The lowest BCUT2D eigenvalue weighted by molar-refractivity contribution is -0.142. The van der Waals surface area contributed by atoms with Crippen LogP contribution in [0.15, 0.2) is 18.2 Å². The summed E-state index contributed by atoms with van der Waals surface area (Å²) in [6.07, 6.45) is 2.50. The van der Waals surface area contributed by atoms with E-state index in [9.17, 15) is 9.59 Å². The fourth-order valence-electron chi connectivity index (χ4n) is 2.74. The number of benzene rings is 1. The zero-order chi connectivity index (χ0) is 16.8. The zero-order valence-corrected chi connectivity index (χ0v) is 13.3. The first-order chi connectivity index (χ1) is 11.0. The highest BCUT2D eigenvalue weighted by atomic mass is 16.5. The molecule has 0 bridgehead atoms. The molecule has 0 spiro atoms. The van der Waals surface area contributed by atoms with Crippen molar-refractivity contribution in [3.05, 3.63) is 18.2 Å². The van der Waals surface area contributed by atoms with Crippen LogP contribution in [0.1, 0.15) is 25.7 Å². The summed E-state index contributed by atoms with van der Waals surface area (Å²) in [5.41, 5.74) is 0.517. The van der Waals surface area contributed by atoms with Crippen LogP contribution in [-0.4, -0.2) is 37.4 Å². The predicted molar refractivity (Wildman–Crippen MR) is 85.1 cm³/mol. The summed E-state index contributed by atoms with van der Waals surface area (Å²) >= 11 is 0. The molecule has 1 fully saturated rings. The molecule has 0 aromatic heterocycles. The number of carbonyl (C=O) groups excluding carboxylic acids is 1. The third kappa shape index (κ3) is 4.51. The molecule has 1 saturated carbocycles. The van der Waals surface area contributed by atoms with Gasteiger partial charge in [0.05, 0.1) is 25.8 Å². The van der Waals surface area contributed by atoms with Gasteiger partial charge in [0.1, 0.15) is 11.5 Å². The monoisotopic (exact) mass is 322 g/mol. The predicted octanol–water partition coefficient (Wildman–Crippen LogP) is 2.47. The number of carboxylic acids is 1. The molecule has 3 N–H and O–H groups in total. The van der Waals surface area contributed by atoms with Crippen LogP contribution in [0.5, 0.6) is 11.5 Å². The van der Waals surface area contributed by atoms with Crippen molar-refractivity contribution in [2.45, 2.75) is 31.7 Å². The number of hydrogen-bond donors (Lipinski definition) is 3. The van der Waals surface area contributed by atoms with E-state index in [4.69, 9.17) is 14.6 Å². The Morgan fingerprint density at radius 3 is 2.39 bits per heavy atom. The Labute approximate surface area is 135 Å². The molecule has 0 saturated heterocycles. The number of amides is 2. The van der Waals surface area contributed by atoms with Crippen LogP contribution in [0, 0.1) is 5.92 Å². The fraction of sp³-hybridized carbons (Fsp3) is 0.500. The molecule has 0 heterocycles. The maximum Gasteiger partial charge on any atom is 0.319 e. The highest BCUT2D eigenvalue weighted by Crippen LogP contribution is 2.29. The van der Waals surface area contributed by atoms with Crippen molar-refractivity contribution in [2.75, 3.05) is 19.5 Å². The van der Waals surface area contributed by atoms with Crippen molar-refractivity contribution in [1.29, 1.82) is 0 Å². The molecule has 2 rings (SSSR count). The first-order valence-electron chi connectivity index (χ1n) is 7.55. The van der Waals surface area contributed by atoms with Crippen LogP contribution in [0.4, 0.5) is 10.5 Å². The second-order valence-electron chi connectivity index (χ2n) is 5.55. The third-order valence-corrected chi connectivity index (χ3v) is 4.07. The normalized spacial score (nSPS) is 20.4. The standard InChI is InChI=1S/C16H22N2O5/c1-22-12-7-8-14(23-2)13(9-12)18-16(21)17-11-5-3-10(4-6-11)15(19)20/h7-11H,3-6H2,1-2H3,(H,19,20)(H2,17,18,21). The average molecular weight is 322 g/mol. The minimum Gasteiger partial charge on any atom is -0.497 e. The van der Waals surface area contributed by atoms with Crippen molar-refractivity contribution in [2.24, 2.45) is 5.92 Å². The molecule has 0 atom stereocenters. The number of nitrogens with one attached hydrogen (secondary N) is 2. The smallest absolute Gasteiger partial charge is 0.319 e. The molecular weight excluding hydrogens is 300 g/mol. The van der Waals surface area contributed by atoms with Crippen molar-refractivity contribution in [1.82, 2.24) is 5.32 Å². The number of hydrogen-bond acceptors (Lipinski definition) is 4. The van der Waals surface area contributed by atoms with E-state index < -0.39 is 5.97 Å². The summed E-state index contributed by atoms with van der Waals surface area (Å²) in [7, 11) is 3.07. The molecule has 0 unspecified atom stereocenters. The van der Waals surface area contributed by atoms with E-state index in [1.54, 1.807) is 25.3 Å². The summed E-state index contributed by atoms with van der Waals surface area (Å²) in [4.78, 5) is 23.1. The minimum atomic E-state index is -0.756. The lowest BCUT2D eigenvalue weighted by atomic mass is 9.86. The number of carbonyl (C=O) groups is 2. The summed E-state index contributed by atoms with van der Waals surface area (Å²) in [5, 5.41) is 14.6. The second kappa shape index (κ2) is 7.71. The van der Waals surface area contributed by atoms with Crippen molar-refractivity contribution in [3.63, 3.8) is 0 Å². The van der Waals surface area contributed by atoms with Crippen LogP contribution < -0.4 is 20.1 Å². The van der Waals surface area contributed by atoms with E-state index in [1.165, 1.54) is 7.11 Å². The summed E-state index contributed by atoms with van der Waals surface area (Å²) in [5.74, 6) is 0.0993. The Morgan fingerprint density at radius 1 is 1.13 bits per heavy atom. The molecule has 1 aliphatic rings. The molecule has 1 aromatic rings. The van der Waals surface area contributed by atoms with Crippen LogP contribution >= 0.6 is 0 Å². The van der Waals surface area contributed by atoms with Gasteiger partial charge in [0.25, 0.3) is 0 Å². The van der Waals surface area contributed by atoms with Gasteiger partial charge in [-0.25, -0.2) is 4.79 Å². The van der Waals surface area contributed by atoms with Gasteiger partial charge in [-0.1, -0.05) is 0 Å². The lowest BCUT2D eigenvalue weighted by Crippen LogP contribution is -2.41. The number of aliphatic carboxylic acids is 1. The molecule has 7 nitrogen and oxygen atoms in total. The summed E-state index contributed by atoms with van der Waals surface area (Å²) in [6.45, 7) is 0. The Balaban J connectivity index is 1.91. The second-order valence-corrected chi connectivity index (χ2v) is 5.55. The van der Waals surface area contributed by atoms with Gasteiger partial charge in [0.2, 0.25) is 0 Å². The van der Waals surface area contributed by atoms with Crippen LogP contribution in [0.2, 0.25) is 0 Å². The Morgan fingerprint density at radius 2 is 1.83 bits per heavy atom. The zero-order valence-electron chi connectivity index (χ0n) is 13.3.